The Morgan fingerprint density at radius 3 is 2.88 bits per heavy atom. The van der Waals surface area contributed by atoms with Crippen LogP contribution < -0.4 is 9.64 Å². The maximum absolute atomic E-state index is 12.9. The molecule has 0 N–H and O–H groups in total. The maximum Gasteiger partial charge on any atom is 0.263 e. The summed E-state index contributed by atoms with van der Waals surface area (Å²) in [5.41, 5.74) is 2.34. The smallest absolute Gasteiger partial charge is 0.263 e. The molecule has 0 bridgehead atoms. The van der Waals surface area contributed by atoms with Crippen LogP contribution in [-0.2, 0) is 4.79 Å². The van der Waals surface area contributed by atoms with Gasteiger partial charge in [-0.2, -0.15) is 0 Å². The predicted octanol–water partition coefficient (Wildman–Crippen LogP) is 3.28. The SMILES string of the molecule is CC(Oc1cccnc1)C(=O)N1CCCC1c1cccc(N(C)C)c1. The van der Waals surface area contributed by atoms with E-state index >= 15 is 0 Å². The number of aromatic nitrogens is 1. The fourth-order valence-electron chi connectivity index (χ4n) is 3.29. The molecule has 25 heavy (non-hydrogen) atoms. The minimum atomic E-state index is -0.526. The predicted molar refractivity (Wildman–Crippen MR) is 98.8 cm³/mol. The number of benzene rings is 1. The Hall–Kier alpha value is -2.56. The van der Waals surface area contributed by atoms with Gasteiger partial charge in [0.2, 0.25) is 0 Å². The summed E-state index contributed by atoms with van der Waals surface area (Å²) in [6, 6.07) is 12.2. The van der Waals surface area contributed by atoms with Crippen molar-refractivity contribution in [3.63, 3.8) is 0 Å². The van der Waals surface area contributed by atoms with Gasteiger partial charge in [0.25, 0.3) is 5.91 Å². The first-order valence-corrected chi connectivity index (χ1v) is 8.70. The maximum atomic E-state index is 12.9. The van der Waals surface area contributed by atoms with Crippen LogP contribution in [0, 0.1) is 0 Å². The lowest BCUT2D eigenvalue weighted by atomic mass is 10.0. The molecule has 5 heteroatoms. The molecular weight excluding hydrogens is 314 g/mol. The molecule has 0 saturated carbocycles. The fraction of sp³-hybridized carbons (Fsp3) is 0.400. The van der Waals surface area contributed by atoms with Crippen molar-refractivity contribution in [1.82, 2.24) is 9.88 Å². The van der Waals surface area contributed by atoms with Crippen molar-refractivity contribution in [2.45, 2.75) is 31.9 Å². The molecule has 1 aromatic carbocycles. The third kappa shape index (κ3) is 3.92. The van der Waals surface area contributed by atoms with Crippen LogP contribution in [0.25, 0.3) is 0 Å². The molecule has 0 spiro atoms. The Bertz CT molecular complexity index is 718. The summed E-state index contributed by atoms with van der Waals surface area (Å²) in [6.07, 6.45) is 4.80. The van der Waals surface area contributed by atoms with Crippen molar-refractivity contribution in [1.29, 1.82) is 0 Å². The quantitative estimate of drug-likeness (QED) is 0.839. The number of likely N-dealkylation sites (tertiary alicyclic amines) is 1. The second-order valence-electron chi connectivity index (χ2n) is 6.63. The Labute approximate surface area is 149 Å². The highest BCUT2D eigenvalue weighted by Gasteiger charge is 2.33. The lowest BCUT2D eigenvalue weighted by Crippen LogP contribution is -2.40. The van der Waals surface area contributed by atoms with Crippen LogP contribution in [0.5, 0.6) is 5.75 Å². The van der Waals surface area contributed by atoms with E-state index in [-0.39, 0.29) is 11.9 Å². The molecule has 0 aliphatic carbocycles. The Kier molecular flexibility index (Phi) is 5.22. The first-order chi connectivity index (χ1) is 12.1. The third-order valence-electron chi connectivity index (χ3n) is 4.60. The molecule has 1 aliphatic rings. The first-order valence-electron chi connectivity index (χ1n) is 8.70. The van der Waals surface area contributed by atoms with E-state index in [2.05, 4.69) is 34.1 Å². The summed E-state index contributed by atoms with van der Waals surface area (Å²) < 4.78 is 5.77. The van der Waals surface area contributed by atoms with Gasteiger partial charge in [0.1, 0.15) is 5.75 Å². The zero-order valence-corrected chi connectivity index (χ0v) is 15.1. The van der Waals surface area contributed by atoms with E-state index in [0.29, 0.717) is 5.75 Å². The summed E-state index contributed by atoms with van der Waals surface area (Å²) in [7, 11) is 4.06. The van der Waals surface area contributed by atoms with E-state index in [1.165, 1.54) is 5.56 Å². The highest BCUT2D eigenvalue weighted by molar-refractivity contribution is 5.81. The van der Waals surface area contributed by atoms with E-state index in [1.807, 2.05) is 25.1 Å². The van der Waals surface area contributed by atoms with E-state index < -0.39 is 6.10 Å². The van der Waals surface area contributed by atoms with Gasteiger partial charge in [-0.05, 0) is 49.6 Å². The van der Waals surface area contributed by atoms with Crippen molar-refractivity contribution in [2.75, 3.05) is 25.5 Å². The molecule has 2 heterocycles. The van der Waals surface area contributed by atoms with Gasteiger partial charge in [-0.3, -0.25) is 9.78 Å². The van der Waals surface area contributed by atoms with Gasteiger partial charge in [-0.15, -0.1) is 0 Å². The summed E-state index contributed by atoms with van der Waals surface area (Å²) in [5.74, 6) is 0.648. The van der Waals surface area contributed by atoms with Gasteiger partial charge in [-0.1, -0.05) is 12.1 Å². The molecular formula is C20H25N3O2. The number of nitrogens with zero attached hydrogens (tertiary/aromatic N) is 3. The van der Waals surface area contributed by atoms with Gasteiger partial charge in [-0.25, -0.2) is 0 Å². The van der Waals surface area contributed by atoms with E-state index in [1.54, 1.807) is 25.4 Å². The number of carbonyl (C=O) groups excluding carboxylic acids is 1. The van der Waals surface area contributed by atoms with Gasteiger partial charge in [0, 0.05) is 32.5 Å². The van der Waals surface area contributed by atoms with Gasteiger partial charge < -0.3 is 14.5 Å². The van der Waals surface area contributed by atoms with Gasteiger partial charge >= 0.3 is 0 Å². The molecule has 1 aromatic heterocycles. The highest BCUT2D eigenvalue weighted by atomic mass is 16.5. The van der Waals surface area contributed by atoms with Crippen molar-refractivity contribution in [2.24, 2.45) is 0 Å². The van der Waals surface area contributed by atoms with Crippen LogP contribution in [0.1, 0.15) is 31.4 Å². The van der Waals surface area contributed by atoms with Crippen LogP contribution in [0.4, 0.5) is 5.69 Å². The second-order valence-corrected chi connectivity index (χ2v) is 6.63. The lowest BCUT2D eigenvalue weighted by Gasteiger charge is -2.28. The molecule has 1 amide bonds. The molecule has 2 atom stereocenters. The van der Waals surface area contributed by atoms with Crippen LogP contribution in [-0.4, -0.2) is 42.5 Å². The zero-order valence-electron chi connectivity index (χ0n) is 15.1. The summed E-state index contributed by atoms with van der Waals surface area (Å²) >= 11 is 0. The number of hydrogen-bond acceptors (Lipinski definition) is 4. The number of hydrogen-bond donors (Lipinski definition) is 0. The number of amides is 1. The fourth-order valence-corrected chi connectivity index (χ4v) is 3.29. The van der Waals surface area contributed by atoms with Gasteiger partial charge in [0.05, 0.1) is 12.2 Å². The topological polar surface area (TPSA) is 45.7 Å². The Morgan fingerprint density at radius 1 is 1.32 bits per heavy atom. The van der Waals surface area contributed by atoms with Crippen molar-refractivity contribution in [3.8, 4) is 5.75 Å². The second kappa shape index (κ2) is 7.55. The molecule has 3 rings (SSSR count). The monoisotopic (exact) mass is 339 g/mol. The molecule has 132 valence electrons. The number of anilines is 1. The van der Waals surface area contributed by atoms with Crippen LogP contribution in [0.2, 0.25) is 0 Å². The van der Waals surface area contributed by atoms with Crippen LogP contribution in [0.15, 0.2) is 48.8 Å². The molecule has 0 radical (unpaired) electrons. The van der Waals surface area contributed by atoms with Crippen molar-refractivity contribution < 1.29 is 9.53 Å². The number of rotatable bonds is 5. The third-order valence-corrected chi connectivity index (χ3v) is 4.60. The normalized spacial score (nSPS) is 18.0. The standard InChI is InChI=1S/C20H25N3O2/c1-15(25-18-9-5-11-21-14-18)20(24)23-12-6-10-19(23)16-7-4-8-17(13-16)22(2)3/h4-5,7-9,11,13-15,19H,6,10,12H2,1-3H3. The molecule has 2 aromatic rings. The van der Waals surface area contributed by atoms with Crippen LogP contribution >= 0.6 is 0 Å². The zero-order chi connectivity index (χ0) is 17.8. The molecule has 1 aliphatic heterocycles. The van der Waals surface area contributed by atoms with Crippen molar-refractivity contribution in [3.05, 3.63) is 54.4 Å². The minimum Gasteiger partial charge on any atom is -0.479 e. The first kappa shape index (κ1) is 17.3. The van der Waals surface area contributed by atoms with Crippen LogP contribution in [0.3, 0.4) is 0 Å². The Morgan fingerprint density at radius 2 is 2.16 bits per heavy atom. The lowest BCUT2D eigenvalue weighted by molar-refractivity contribution is -0.138. The molecule has 1 fully saturated rings. The van der Waals surface area contributed by atoms with E-state index in [4.69, 9.17) is 4.74 Å². The van der Waals surface area contributed by atoms with E-state index in [9.17, 15) is 4.79 Å². The van der Waals surface area contributed by atoms with Crippen molar-refractivity contribution >= 4 is 11.6 Å². The summed E-state index contributed by atoms with van der Waals surface area (Å²) in [5, 5.41) is 0. The largest absolute Gasteiger partial charge is 0.479 e. The number of ether oxygens (including phenoxy) is 1. The molecule has 1 saturated heterocycles. The average molecular weight is 339 g/mol. The minimum absolute atomic E-state index is 0.0293. The summed E-state index contributed by atoms with van der Waals surface area (Å²) in [4.78, 5) is 21.0. The number of pyridine rings is 1. The Balaban J connectivity index is 1.74. The van der Waals surface area contributed by atoms with E-state index in [0.717, 1.165) is 25.1 Å². The average Bonchev–Trinajstić information content (AvgIpc) is 3.11. The van der Waals surface area contributed by atoms with Gasteiger partial charge in [0.15, 0.2) is 6.10 Å². The number of carbonyl (C=O) groups is 1. The molecule has 5 nitrogen and oxygen atoms in total. The summed E-state index contributed by atoms with van der Waals surface area (Å²) in [6.45, 7) is 2.58. The highest BCUT2D eigenvalue weighted by Crippen LogP contribution is 2.34. The molecule has 2 unspecified atom stereocenters.